The monoisotopic (exact) mass is 229 g/mol. The van der Waals surface area contributed by atoms with E-state index in [4.69, 9.17) is 0 Å². The lowest BCUT2D eigenvalue weighted by atomic mass is 9.82. The van der Waals surface area contributed by atoms with E-state index < -0.39 is 0 Å². The molecule has 92 valence electrons. The Morgan fingerprint density at radius 1 is 1.06 bits per heavy atom. The van der Waals surface area contributed by atoms with Gasteiger partial charge in [0, 0.05) is 19.8 Å². The third-order valence-corrected chi connectivity index (χ3v) is 3.85. The third-order valence-electron chi connectivity index (χ3n) is 3.85. The van der Waals surface area contributed by atoms with Crippen molar-refractivity contribution in [3.8, 4) is 0 Å². The van der Waals surface area contributed by atoms with Crippen LogP contribution < -0.4 is 4.90 Å². The van der Waals surface area contributed by atoms with Gasteiger partial charge in [-0.05, 0) is 42.0 Å². The van der Waals surface area contributed by atoms with Gasteiger partial charge in [-0.15, -0.1) is 0 Å². The van der Waals surface area contributed by atoms with Gasteiger partial charge in [0.15, 0.2) is 0 Å². The first kappa shape index (κ1) is 12.2. The van der Waals surface area contributed by atoms with Crippen molar-refractivity contribution in [3.05, 3.63) is 36.4 Å². The van der Waals surface area contributed by atoms with Gasteiger partial charge in [-0.3, -0.25) is 0 Å². The second-order valence-electron chi connectivity index (χ2n) is 5.30. The van der Waals surface area contributed by atoms with Crippen LogP contribution in [0.25, 0.3) is 5.57 Å². The summed E-state index contributed by atoms with van der Waals surface area (Å²) in [6, 6.07) is 8.80. The number of nitrogens with zero attached hydrogens (tertiary/aromatic N) is 1. The molecule has 0 bridgehead atoms. The summed E-state index contributed by atoms with van der Waals surface area (Å²) in [6.45, 7) is 4.31. The quantitative estimate of drug-likeness (QED) is 0.745. The Hall–Kier alpha value is -1.24. The minimum absolute atomic E-state index is 0.717. The van der Waals surface area contributed by atoms with E-state index in [0.717, 1.165) is 0 Å². The maximum atomic E-state index is 4.31. The molecule has 0 heterocycles. The highest BCUT2D eigenvalue weighted by atomic mass is 15.1. The maximum absolute atomic E-state index is 4.31. The molecule has 0 atom stereocenters. The molecule has 1 aromatic rings. The van der Waals surface area contributed by atoms with Crippen LogP contribution in [0.2, 0.25) is 0 Å². The minimum atomic E-state index is 0.717. The normalized spacial score (nSPS) is 16.8. The summed E-state index contributed by atoms with van der Waals surface area (Å²) in [7, 11) is 4.15. The van der Waals surface area contributed by atoms with Crippen molar-refractivity contribution >= 4 is 11.3 Å². The number of allylic oxidation sites excluding steroid dienone is 1. The summed E-state index contributed by atoms with van der Waals surface area (Å²) < 4.78 is 0. The largest absolute Gasteiger partial charge is 0.378 e. The Kier molecular flexibility index (Phi) is 3.88. The highest BCUT2D eigenvalue weighted by Gasteiger charge is 2.17. The summed E-state index contributed by atoms with van der Waals surface area (Å²) in [6.07, 6.45) is 6.81. The molecule has 17 heavy (non-hydrogen) atoms. The van der Waals surface area contributed by atoms with Crippen molar-refractivity contribution in [1.82, 2.24) is 0 Å². The van der Waals surface area contributed by atoms with E-state index in [0.29, 0.717) is 5.92 Å². The lowest BCUT2D eigenvalue weighted by Crippen LogP contribution is -2.09. The summed E-state index contributed by atoms with van der Waals surface area (Å²) in [5.74, 6) is 0.717. The van der Waals surface area contributed by atoms with Gasteiger partial charge in [-0.1, -0.05) is 38.0 Å². The van der Waals surface area contributed by atoms with E-state index in [1.807, 2.05) is 0 Å². The van der Waals surface area contributed by atoms with Crippen molar-refractivity contribution in [2.75, 3.05) is 19.0 Å². The molecule has 0 radical (unpaired) electrons. The van der Waals surface area contributed by atoms with Crippen molar-refractivity contribution in [2.24, 2.45) is 5.92 Å². The number of hydrogen-bond acceptors (Lipinski definition) is 1. The van der Waals surface area contributed by atoms with Crippen LogP contribution in [0.3, 0.4) is 0 Å². The molecule has 1 heteroatoms. The molecule has 1 saturated carbocycles. The standard InChI is InChI=1S/C16H23N/c1-13(14-7-5-4-6-8-14)15-9-11-16(12-10-15)17(2)3/h9-12,14H,1,4-8H2,2-3H3. The molecular weight excluding hydrogens is 206 g/mol. The summed E-state index contributed by atoms with van der Waals surface area (Å²) in [4.78, 5) is 2.13. The average Bonchev–Trinajstić information content (AvgIpc) is 2.39. The second kappa shape index (κ2) is 5.39. The van der Waals surface area contributed by atoms with Gasteiger partial charge >= 0.3 is 0 Å². The van der Waals surface area contributed by atoms with Crippen LogP contribution in [-0.2, 0) is 0 Å². The molecule has 2 rings (SSSR count). The predicted octanol–water partition coefficient (Wildman–Crippen LogP) is 4.35. The molecule has 0 amide bonds. The zero-order valence-corrected chi connectivity index (χ0v) is 11.1. The molecular formula is C16H23N. The maximum Gasteiger partial charge on any atom is 0.0361 e. The molecule has 0 N–H and O–H groups in total. The molecule has 1 nitrogen and oxygen atoms in total. The van der Waals surface area contributed by atoms with E-state index in [-0.39, 0.29) is 0 Å². The Bertz CT molecular complexity index is 369. The zero-order valence-electron chi connectivity index (χ0n) is 11.1. The minimum Gasteiger partial charge on any atom is -0.378 e. The lowest BCUT2D eigenvalue weighted by molar-refractivity contribution is 0.430. The van der Waals surface area contributed by atoms with Crippen LogP contribution in [0.5, 0.6) is 0 Å². The SMILES string of the molecule is C=C(c1ccc(N(C)C)cc1)C1CCCCC1. The number of benzene rings is 1. The van der Waals surface area contributed by atoms with Gasteiger partial charge in [-0.25, -0.2) is 0 Å². The Labute approximate surface area is 105 Å². The highest BCUT2D eigenvalue weighted by molar-refractivity contribution is 5.67. The fourth-order valence-electron chi connectivity index (χ4n) is 2.66. The fourth-order valence-corrected chi connectivity index (χ4v) is 2.66. The van der Waals surface area contributed by atoms with Crippen molar-refractivity contribution in [2.45, 2.75) is 32.1 Å². The van der Waals surface area contributed by atoms with Crippen LogP contribution in [0, 0.1) is 5.92 Å². The zero-order chi connectivity index (χ0) is 12.3. The van der Waals surface area contributed by atoms with Gasteiger partial charge in [0.05, 0.1) is 0 Å². The Morgan fingerprint density at radius 3 is 2.18 bits per heavy atom. The molecule has 1 aliphatic rings. The van der Waals surface area contributed by atoms with Gasteiger partial charge in [0.2, 0.25) is 0 Å². The van der Waals surface area contributed by atoms with E-state index in [1.54, 1.807) is 0 Å². The van der Waals surface area contributed by atoms with E-state index >= 15 is 0 Å². The van der Waals surface area contributed by atoms with Gasteiger partial charge in [0.1, 0.15) is 0 Å². The summed E-state index contributed by atoms with van der Waals surface area (Å²) in [5.41, 5.74) is 3.92. The first-order valence-electron chi connectivity index (χ1n) is 6.65. The molecule has 1 aromatic carbocycles. The van der Waals surface area contributed by atoms with Crippen LogP contribution in [0.15, 0.2) is 30.8 Å². The predicted molar refractivity (Wildman–Crippen MR) is 76.4 cm³/mol. The third kappa shape index (κ3) is 2.91. The van der Waals surface area contributed by atoms with Crippen molar-refractivity contribution < 1.29 is 0 Å². The van der Waals surface area contributed by atoms with Crippen LogP contribution in [0.4, 0.5) is 5.69 Å². The first-order chi connectivity index (χ1) is 8.18. The van der Waals surface area contributed by atoms with Gasteiger partial charge in [0.25, 0.3) is 0 Å². The lowest BCUT2D eigenvalue weighted by Gasteiger charge is -2.24. The van der Waals surface area contributed by atoms with Crippen LogP contribution >= 0.6 is 0 Å². The number of rotatable bonds is 3. The van der Waals surface area contributed by atoms with Crippen LogP contribution in [-0.4, -0.2) is 14.1 Å². The van der Waals surface area contributed by atoms with Gasteiger partial charge < -0.3 is 4.90 Å². The molecule has 1 aliphatic carbocycles. The topological polar surface area (TPSA) is 3.24 Å². The van der Waals surface area contributed by atoms with Crippen molar-refractivity contribution in [1.29, 1.82) is 0 Å². The van der Waals surface area contributed by atoms with Crippen molar-refractivity contribution in [3.63, 3.8) is 0 Å². The molecule has 0 aromatic heterocycles. The average molecular weight is 229 g/mol. The Balaban J connectivity index is 2.08. The number of hydrogen-bond donors (Lipinski definition) is 0. The summed E-state index contributed by atoms with van der Waals surface area (Å²) >= 11 is 0. The van der Waals surface area contributed by atoms with Crippen LogP contribution in [0.1, 0.15) is 37.7 Å². The van der Waals surface area contributed by atoms with E-state index in [9.17, 15) is 0 Å². The first-order valence-corrected chi connectivity index (χ1v) is 6.65. The second-order valence-corrected chi connectivity index (χ2v) is 5.30. The fraction of sp³-hybridized carbons (Fsp3) is 0.500. The van der Waals surface area contributed by atoms with E-state index in [1.165, 1.54) is 48.9 Å². The molecule has 0 unspecified atom stereocenters. The molecule has 0 spiro atoms. The molecule has 0 aliphatic heterocycles. The smallest absolute Gasteiger partial charge is 0.0361 e. The summed E-state index contributed by atoms with van der Waals surface area (Å²) in [5, 5.41) is 0. The number of anilines is 1. The molecule has 1 fully saturated rings. The van der Waals surface area contributed by atoms with Gasteiger partial charge in [-0.2, -0.15) is 0 Å². The molecule has 0 saturated heterocycles. The Morgan fingerprint density at radius 2 is 1.65 bits per heavy atom. The highest BCUT2D eigenvalue weighted by Crippen LogP contribution is 2.34. The van der Waals surface area contributed by atoms with E-state index in [2.05, 4.69) is 49.8 Å².